The van der Waals surface area contributed by atoms with Gasteiger partial charge in [0.1, 0.15) is 0 Å². The quantitative estimate of drug-likeness (QED) is 0.832. The number of aliphatic hydroxyl groups excluding tert-OH is 1. The van der Waals surface area contributed by atoms with E-state index in [1.807, 2.05) is 0 Å². The van der Waals surface area contributed by atoms with Crippen LogP contribution in [-0.2, 0) is 6.42 Å². The number of H-pyrrole nitrogens is 1. The molecule has 0 radical (unpaired) electrons. The Bertz CT molecular complexity index is 570. The van der Waals surface area contributed by atoms with E-state index in [0.717, 1.165) is 12.8 Å². The summed E-state index contributed by atoms with van der Waals surface area (Å²) in [5, 5.41) is 11.3. The predicted octanol–water partition coefficient (Wildman–Crippen LogP) is 3.49. The van der Waals surface area contributed by atoms with Crippen molar-refractivity contribution >= 4 is 10.9 Å². The van der Waals surface area contributed by atoms with Gasteiger partial charge in [-0.1, -0.05) is 24.6 Å². The molecule has 2 atom stereocenters. The van der Waals surface area contributed by atoms with Gasteiger partial charge in [-0.2, -0.15) is 0 Å². The molecule has 1 heterocycles. The van der Waals surface area contributed by atoms with Crippen molar-refractivity contribution in [1.82, 2.24) is 4.98 Å². The third-order valence-corrected chi connectivity index (χ3v) is 4.45. The molecule has 1 aliphatic carbocycles. The monoisotopic (exact) mass is 243 g/mol. The molecule has 1 fully saturated rings. The Balaban J connectivity index is 2.01. The first-order chi connectivity index (χ1) is 8.66. The van der Waals surface area contributed by atoms with E-state index in [2.05, 4.69) is 37.0 Å². The molecule has 1 saturated carbocycles. The number of nitrogens with one attached hydrogen (secondary N) is 1. The Morgan fingerprint density at radius 2 is 2.11 bits per heavy atom. The number of hydrogen-bond acceptors (Lipinski definition) is 1. The fraction of sp³-hybridized carbons (Fsp3) is 0.500. The van der Waals surface area contributed by atoms with Crippen LogP contribution in [0.5, 0.6) is 0 Å². The first-order valence-electron chi connectivity index (χ1n) is 6.91. The first kappa shape index (κ1) is 11.8. The maximum atomic E-state index is 10.00. The zero-order chi connectivity index (χ0) is 12.7. The second kappa shape index (κ2) is 4.43. The topological polar surface area (TPSA) is 36.0 Å². The van der Waals surface area contributed by atoms with Gasteiger partial charge in [0.05, 0.1) is 6.10 Å². The van der Waals surface area contributed by atoms with Gasteiger partial charge in [0, 0.05) is 16.6 Å². The van der Waals surface area contributed by atoms with E-state index in [1.165, 1.54) is 40.6 Å². The average molecular weight is 243 g/mol. The lowest BCUT2D eigenvalue weighted by Gasteiger charge is -2.14. The number of fused-ring (bicyclic) bond motifs is 1. The van der Waals surface area contributed by atoms with Gasteiger partial charge in [-0.3, -0.25) is 0 Å². The van der Waals surface area contributed by atoms with Gasteiger partial charge < -0.3 is 10.1 Å². The zero-order valence-electron chi connectivity index (χ0n) is 11.2. The number of para-hydroxylation sites is 1. The van der Waals surface area contributed by atoms with E-state index in [1.54, 1.807) is 0 Å². The molecule has 2 heteroatoms. The molecule has 96 valence electrons. The van der Waals surface area contributed by atoms with Gasteiger partial charge in [0.15, 0.2) is 0 Å². The van der Waals surface area contributed by atoms with Gasteiger partial charge >= 0.3 is 0 Å². The molecule has 2 unspecified atom stereocenters. The van der Waals surface area contributed by atoms with Crippen LogP contribution in [-0.4, -0.2) is 16.2 Å². The maximum Gasteiger partial charge on any atom is 0.0571 e. The fourth-order valence-corrected chi connectivity index (χ4v) is 3.33. The van der Waals surface area contributed by atoms with Crippen LogP contribution in [0.3, 0.4) is 0 Å². The normalized spacial score (nSPS) is 23.9. The highest BCUT2D eigenvalue weighted by Gasteiger charge is 2.26. The number of aryl methyl sites for hydroxylation is 2. The number of benzene rings is 1. The van der Waals surface area contributed by atoms with Crippen molar-refractivity contribution in [2.24, 2.45) is 5.92 Å². The Labute approximate surface area is 108 Å². The molecular weight excluding hydrogens is 222 g/mol. The summed E-state index contributed by atoms with van der Waals surface area (Å²) in [7, 11) is 0. The van der Waals surface area contributed by atoms with Gasteiger partial charge in [0.2, 0.25) is 0 Å². The second-order valence-electron chi connectivity index (χ2n) is 5.69. The smallest absolute Gasteiger partial charge is 0.0571 e. The largest absolute Gasteiger partial charge is 0.393 e. The maximum absolute atomic E-state index is 10.00. The van der Waals surface area contributed by atoms with E-state index < -0.39 is 0 Å². The van der Waals surface area contributed by atoms with Crippen LogP contribution in [0.25, 0.3) is 10.9 Å². The van der Waals surface area contributed by atoms with Crippen LogP contribution in [0.4, 0.5) is 0 Å². The highest BCUT2D eigenvalue weighted by molar-refractivity contribution is 5.87. The van der Waals surface area contributed by atoms with Crippen molar-refractivity contribution in [3.8, 4) is 0 Å². The van der Waals surface area contributed by atoms with E-state index in [-0.39, 0.29) is 6.10 Å². The molecule has 1 aromatic carbocycles. The minimum absolute atomic E-state index is 0.0980. The third-order valence-electron chi connectivity index (χ3n) is 4.45. The summed E-state index contributed by atoms with van der Waals surface area (Å²) in [4.78, 5) is 3.50. The highest BCUT2D eigenvalue weighted by atomic mass is 16.3. The minimum Gasteiger partial charge on any atom is -0.393 e. The van der Waals surface area contributed by atoms with Gasteiger partial charge in [-0.15, -0.1) is 0 Å². The summed E-state index contributed by atoms with van der Waals surface area (Å²) in [6, 6.07) is 6.47. The van der Waals surface area contributed by atoms with Crippen molar-refractivity contribution in [2.75, 3.05) is 0 Å². The Morgan fingerprint density at radius 1 is 1.28 bits per heavy atom. The lowest BCUT2D eigenvalue weighted by atomic mass is 9.94. The van der Waals surface area contributed by atoms with Crippen molar-refractivity contribution in [2.45, 2.75) is 45.6 Å². The summed E-state index contributed by atoms with van der Waals surface area (Å²) >= 11 is 0. The summed E-state index contributed by atoms with van der Waals surface area (Å²) < 4.78 is 0. The summed E-state index contributed by atoms with van der Waals surface area (Å²) in [5.74, 6) is 0.447. The summed E-state index contributed by atoms with van der Waals surface area (Å²) in [5.41, 5.74) is 5.23. The molecule has 2 aromatic rings. The lowest BCUT2D eigenvalue weighted by molar-refractivity contribution is 0.133. The average Bonchev–Trinajstić information content (AvgIpc) is 2.87. The van der Waals surface area contributed by atoms with E-state index in [0.29, 0.717) is 5.92 Å². The molecule has 3 rings (SSSR count). The molecule has 0 aliphatic heterocycles. The van der Waals surface area contributed by atoms with Crippen molar-refractivity contribution < 1.29 is 5.11 Å². The molecule has 1 aromatic heterocycles. The number of rotatable bonds is 2. The fourth-order valence-electron chi connectivity index (χ4n) is 3.33. The van der Waals surface area contributed by atoms with Crippen LogP contribution in [0.1, 0.15) is 36.1 Å². The molecule has 1 aliphatic rings. The Hall–Kier alpha value is -1.28. The second-order valence-corrected chi connectivity index (χ2v) is 5.69. The van der Waals surface area contributed by atoms with E-state index in [9.17, 15) is 5.11 Å². The van der Waals surface area contributed by atoms with Gasteiger partial charge in [-0.05, 0) is 50.2 Å². The number of aliphatic hydroxyl groups is 1. The summed E-state index contributed by atoms with van der Waals surface area (Å²) in [6.07, 6.45) is 4.23. The third kappa shape index (κ3) is 1.85. The zero-order valence-corrected chi connectivity index (χ0v) is 11.2. The molecule has 2 N–H and O–H groups in total. The molecule has 0 amide bonds. The number of aromatic amines is 1. The van der Waals surface area contributed by atoms with Crippen LogP contribution in [0.15, 0.2) is 18.2 Å². The van der Waals surface area contributed by atoms with Crippen molar-refractivity contribution in [3.63, 3.8) is 0 Å². The first-order valence-corrected chi connectivity index (χ1v) is 6.91. The van der Waals surface area contributed by atoms with Gasteiger partial charge in [0.25, 0.3) is 0 Å². The predicted molar refractivity (Wildman–Crippen MR) is 74.8 cm³/mol. The molecule has 0 bridgehead atoms. The Morgan fingerprint density at radius 3 is 2.83 bits per heavy atom. The Kier molecular flexibility index (Phi) is 2.90. The van der Waals surface area contributed by atoms with Gasteiger partial charge in [-0.25, -0.2) is 0 Å². The molecule has 2 nitrogen and oxygen atoms in total. The standard InChI is InChI=1S/C16H21NO/c1-10-5-3-7-13-14(11(2)17-16(10)13)9-12-6-4-8-15(12)18/h3,5,7,12,15,17-18H,4,6,8-9H2,1-2H3. The van der Waals surface area contributed by atoms with Crippen LogP contribution < -0.4 is 0 Å². The van der Waals surface area contributed by atoms with Crippen molar-refractivity contribution in [1.29, 1.82) is 0 Å². The molecule has 0 saturated heterocycles. The summed E-state index contributed by atoms with van der Waals surface area (Å²) in [6.45, 7) is 4.29. The van der Waals surface area contributed by atoms with Crippen LogP contribution in [0, 0.1) is 19.8 Å². The molecule has 0 spiro atoms. The molecular formula is C16H21NO. The number of hydrogen-bond donors (Lipinski definition) is 2. The van der Waals surface area contributed by atoms with Crippen LogP contribution in [0.2, 0.25) is 0 Å². The highest BCUT2D eigenvalue weighted by Crippen LogP contribution is 2.33. The van der Waals surface area contributed by atoms with Crippen molar-refractivity contribution in [3.05, 3.63) is 35.0 Å². The van der Waals surface area contributed by atoms with E-state index >= 15 is 0 Å². The van der Waals surface area contributed by atoms with Crippen LogP contribution >= 0.6 is 0 Å². The number of aromatic nitrogens is 1. The lowest BCUT2D eigenvalue weighted by Crippen LogP contribution is -2.15. The van der Waals surface area contributed by atoms with E-state index in [4.69, 9.17) is 0 Å². The molecule has 18 heavy (non-hydrogen) atoms. The minimum atomic E-state index is -0.0980. The SMILES string of the molecule is Cc1[nH]c2c(C)cccc2c1CC1CCCC1O.